The fraction of sp³-hybridized carbons (Fsp3) is 0.235. The number of anilines is 1. The number of hydrogen-bond acceptors (Lipinski definition) is 5. The normalized spacial score (nSPS) is 13.2. The van der Waals surface area contributed by atoms with Crippen LogP contribution in [0.3, 0.4) is 0 Å². The molecule has 0 spiro atoms. The molecule has 0 unspecified atom stereocenters. The van der Waals surface area contributed by atoms with Crippen molar-refractivity contribution in [3.8, 4) is 0 Å². The van der Waals surface area contributed by atoms with Gasteiger partial charge in [-0.25, -0.2) is 0 Å². The van der Waals surface area contributed by atoms with Gasteiger partial charge in [-0.1, -0.05) is 18.2 Å². The van der Waals surface area contributed by atoms with Gasteiger partial charge in [-0.05, 0) is 24.5 Å². The lowest BCUT2D eigenvalue weighted by atomic mass is 10.0. The van der Waals surface area contributed by atoms with E-state index < -0.39 is 40.1 Å². The zero-order chi connectivity index (χ0) is 18.8. The van der Waals surface area contributed by atoms with E-state index in [1.807, 2.05) is 24.3 Å². The molecule has 1 aliphatic heterocycles. The molecule has 0 atom stereocenters. The second-order valence-corrected chi connectivity index (χ2v) is 5.94. The Balaban J connectivity index is 1.97. The van der Waals surface area contributed by atoms with E-state index in [4.69, 9.17) is 5.73 Å². The van der Waals surface area contributed by atoms with Gasteiger partial charge in [-0.2, -0.15) is 0 Å². The molecule has 2 heterocycles. The Hall–Kier alpha value is -3.49. The van der Waals surface area contributed by atoms with Gasteiger partial charge in [0.15, 0.2) is 0 Å². The second-order valence-electron chi connectivity index (χ2n) is 5.94. The molecule has 0 saturated carbocycles. The molecule has 9 nitrogen and oxygen atoms in total. The van der Waals surface area contributed by atoms with E-state index in [1.165, 1.54) is 0 Å². The molecule has 0 aliphatic carbocycles. The van der Waals surface area contributed by atoms with E-state index in [0.29, 0.717) is 6.54 Å². The van der Waals surface area contributed by atoms with E-state index in [0.717, 1.165) is 40.9 Å². The molecule has 0 fully saturated rings. The molecule has 0 radical (unpaired) electrons. The van der Waals surface area contributed by atoms with Crippen molar-refractivity contribution < 1.29 is 14.5 Å². The fourth-order valence-electron chi connectivity index (χ4n) is 3.04. The number of pyridine rings is 1. The standard InChI is InChI=1S/C17H16N4O5/c18-16(23)13-8-12(21(25)26)9-19(17(13)24)10-15(22)20-7-3-5-11-4-1-2-6-14(11)20/h1-2,4,6,8-9H,3,5,7,10H2,(H2,18,23). The molecule has 1 aromatic heterocycles. The zero-order valence-corrected chi connectivity index (χ0v) is 13.8. The number of primary amides is 1. The Kier molecular flexibility index (Phi) is 4.53. The average molecular weight is 356 g/mol. The fourth-order valence-corrected chi connectivity index (χ4v) is 3.04. The summed E-state index contributed by atoms with van der Waals surface area (Å²) in [6.45, 7) is 0.0668. The predicted molar refractivity (Wildman–Crippen MR) is 93.0 cm³/mol. The minimum Gasteiger partial charge on any atom is -0.365 e. The topological polar surface area (TPSA) is 129 Å². The maximum absolute atomic E-state index is 12.7. The Morgan fingerprint density at radius 2 is 2.00 bits per heavy atom. The molecule has 2 N–H and O–H groups in total. The highest BCUT2D eigenvalue weighted by Gasteiger charge is 2.24. The summed E-state index contributed by atoms with van der Waals surface area (Å²) in [7, 11) is 0. The third kappa shape index (κ3) is 3.18. The van der Waals surface area contributed by atoms with Gasteiger partial charge in [0.2, 0.25) is 5.91 Å². The van der Waals surface area contributed by atoms with Crippen LogP contribution in [-0.4, -0.2) is 27.8 Å². The molecule has 134 valence electrons. The maximum atomic E-state index is 12.7. The number of carbonyl (C=O) groups excluding carboxylic acids is 2. The van der Waals surface area contributed by atoms with E-state index in [2.05, 4.69) is 0 Å². The predicted octanol–water partition coefficient (Wildman–Crippen LogP) is 0.835. The van der Waals surface area contributed by atoms with Crippen LogP contribution in [0.1, 0.15) is 22.3 Å². The first-order chi connectivity index (χ1) is 12.4. The smallest absolute Gasteiger partial charge is 0.286 e. The van der Waals surface area contributed by atoms with Gasteiger partial charge in [-0.15, -0.1) is 0 Å². The number of carbonyl (C=O) groups is 2. The van der Waals surface area contributed by atoms with Crippen LogP contribution in [0.25, 0.3) is 0 Å². The molecule has 0 saturated heterocycles. The number of fused-ring (bicyclic) bond motifs is 1. The third-order valence-corrected chi connectivity index (χ3v) is 4.26. The lowest BCUT2D eigenvalue weighted by molar-refractivity contribution is -0.385. The Morgan fingerprint density at radius 1 is 1.27 bits per heavy atom. The van der Waals surface area contributed by atoms with Crippen molar-refractivity contribution in [3.63, 3.8) is 0 Å². The third-order valence-electron chi connectivity index (χ3n) is 4.26. The summed E-state index contributed by atoms with van der Waals surface area (Å²) in [6.07, 6.45) is 2.57. The van der Waals surface area contributed by atoms with Gasteiger partial charge in [0.05, 0.1) is 11.1 Å². The minimum atomic E-state index is -1.08. The molecule has 9 heteroatoms. The molecule has 1 aromatic carbocycles. The number of para-hydroxylation sites is 1. The highest BCUT2D eigenvalue weighted by atomic mass is 16.6. The zero-order valence-electron chi connectivity index (χ0n) is 13.8. The Bertz CT molecular complexity index is 966. The summed E-state index contributed by atoms with van der Waals surface area (Å²) in [4.78, 5) is 48.3. The van der Waals surface area contributed by atoms with Gasteiger partial charge in [0.1, 0.15) is 12.1 Å². The number of aryl methyl sites for hydroxylation is 1. The molecule has 2 aromatic rings. The number of aromatic nitrogens is 1. The second kappa shape index (κ2) is 6.79. The van der Waals surface area contributed by atoms with E-state index in [9.17, 15) is 24.5 Å². The molecular formula is C17H16N4O5. The number of amides is 2. The van der Waals surface area contributed by atoms with Crippen molar-refractivity contribution >= 4 is 23.2 Å². The van der Waals surface area contributed by atoms with Crippen LogP contribution in [0.15, 0.2) is 41.3 Å². The lowest BCUT2D eigenvalue weighted by Gasteiger charge is -2.29. The molecule has 0 bridgehead atoms. The number of nitrogens with zero attached hydrogens (tertiary/aromatic N) is 3. The quantitative estimate of drug-likeness (QED) is 0.641. The monoisotopic (exact) mass is 356 g/mol. The van der Waals surface area contributed by atoms with Gasteiger partial charge in [-0.3, -0.25) is 29.1 Å². The highest BCUT2D eigenvalue weighted by molar-refractivity contribution is 5.95. The van der Waals surface area contributed by atoms with Crippen LogP contribution < -0.4 is 16.2 Å². The van der Waals surface area contributed by atoms with E-state index in [1.54, 1.807) is 4.90 Å². The molecule has 2 amide bonds. The number of nitrogens with two attached hydrogens (primary N) is 1. The summed E-state index contributed by atoms with van der Waals surface area (Å²) in [5, 5.41) is 11.0. The van der Waals surface area contributed by atoms with Gasteiger partial charge in [0.25, 0.3) is 17.2 Å². The van der Waals surface area contributed by atoms with Crippen LogP contribution in [0, 0.1) is 10.1 Å². The van der Waals surface area contributed by atoms with Gasteiger partial charge in [0, 0.05) is 18.3 Å². The van der Waals surface area contributed by atoms with Crippen molar-refractivity contribution in [2.24, 2.45) is 5.73 Å². The number of hydrogen-bond donors (Lipinski definition) is 1. The lowest BCUT2D eigenvalue weighted by Crippen LogP contribution is -2.40. The van der Waals surface area contributed by atoms with Crippen LogP contribution in [0.4, 0.5) is 11.4 Å². The number of nitro groups is 1. The first-order valence-corrected chi connectivity index (χ1v) is 7.95. The largest absolute Gasteiger partial charge is 0.365 e. The summed E-state index contributed by atoms with van der Waals surface area (Å²) >= 11 is 0. The molecular weight excluding hydrogens is 340 g/mol. The highest BCUT2D eigenvalue weighted by Crippen LogP contribution is 2.26. The summed E-state index contributed by atoms with van der Waals surface area (Å²) in [5.74, 6) is -1.47. The molecule has 1 aliphatic rings. The summed E-state index contributed by atoms with van der Waals surface area (Å²) in [6, 6.07) is 8.27. The molecule has 3 rings (SSSR count). The first-order valence-electron chi connectivity index (χ1n) is 7.95. The number of benzene rings is 1. The van der Waals surface area contributed by atoms with Crippen molar-refractivity contribution in [3.05, 3.63) is 68.1 Å². The Labute approximate surface area is 147 Å². The molecule has 26 heavy (non-hydrogen) atoms. The van der Waals surface area contributed by atoms with Crippen molar-refractivity contribution in [1.29, 1.82) is 0 Å². The summed E-state index contributed by atoms with van der Waals surface area (Å²) < 4.78 is 0.859. The van der Waals surface area contributed by atoms with Crippen LogP contribution in [0.5, 0.6) is 0 Å². The number of rotatable bonds is 4. The average Bonchev–Trinajstić information content (AvgIpc) is 2.62. The van der Waals surface area contributed by atoms with Crippen LogP contribution >= 0.6 is 0 Å². The van der Waals surface area contributed by atoms with Gasteiger partial charge < -0.3 is 10.6 Å². The SMILES string of the molecule is NC(=O)c1cc([N+](=O)[O-])cn(CC(=O)N2CCCc3ccccc32)c1=O. The van der Waals surface area contributed by atoms with E-state index in [-0.39, 0.29) is 0 Å². The summed E-state index contributed by atoms with van der Waals surface area (Å²) in [5.41, 5.74) is 5.07. The van der Waals surface area contributed by atoms with Crippen molar-refractivity contribution in [2.75, 3.05) is 11.4 Å². The van der Waals surface area contributed by atoms with Gasteiger partial charge >= 0.3 is 0 Å². The first kappa shape index (κ1) is 17.3. The van der Waals surface area contributed by atoms with Crippen molar-refractivity contribution in [1.82, 2.24) is 4.57 Å². The van der Waals surface area contributed by atoms with Crippen molar-refractivity contribution in [2.45, 2.75) is 19.4 Å². The van der Waals surface area contributed by atoms with Crippen LogP contribution in [0.2, 0.25) is 0 Å². The maximum Gasteiger partial charge on any atom is 0.286 e. The van der Waals surface area contributed by atoms with Crippen LogP contribution in [-0.2, 0) is 17.8 Å². The van der Waals surface area contributed by atoms with E-state index >= 15 is 0 Å². The Morgan fingerprint density at radius 3 is 2.69 bits per heavy atom. The minimum absolute atomic E-state index is 0.393.